The Balaban J connectivity index is 1.35. The predicted molar refractivity (Wildman–Crippen MR) is 193 cm³/mol. The highest BCUT2D eigenvalue weighted by Gasteiger charge is 2.23. The highest BCUT2D eigenvalue weighted by Crippen LogP contribution is 2.45. The Morgan fingerprint density at radius 3 is 2.00 bits per heavy atom. The monoisotopic (exact) mass is 599 g/mol. The Hall–Kier alpha value is -6.57. The topological polar surface area (TPSA) is 46.8 Å². The minimum Gasteiger partial charge on any atom is -0.455 e. The van der Waals surface area contributed by atoms with E-state index in [-0.39, 0.29) is 0 Å². The molecule has 10 rings (SSSR count). The summed E-state index contributed by atoms with van der Waals surface area (Å²) in [7, 11) is 0. The van der Waals surface area contributed by atoms with E-state index >= 15 is 0 Å². The lowest BCUT2D eigenvalue weighted by Crippen LogP contribution is -1.95. The molecule has 0 spiro atoms. The Labute approximate surface area is 269 Å². The quantitative estimate of drug-likeness (QED) is 0.203. The molecule has 0 unspecified atom stereocenters. The number of fused-ring (bicyclic) bond motifs is 11. The van der Waals surface area contributed by atoms with E-state index in [1.165, 1.54) is 10.8 Å². The van der Waals surface area contributed by atoms with Gasteiger partial charge in [-0.2, -0.15) is 5.26 Å². The smallest absolute Gasteiger partial charge is 0.145 e. The summed E-state index contributed by atoms with van der Waals surface area (Å²) >= 11 is 0. The molecule has 0 atom stereocenters. The van der Waals surface area contributed by atoms with E-state index < -0.39 is 0 Å². The van der Waals surface area contributed by atoms with Crippen LogP contribution in [0.1, 0.15) is 5.56 Å². The second kappa shape index (κ2) is 9.71. The zero-order valence-corrected chi connectivity index (χ0v) is 25.2. The van der Waals surface area contributed by atoms with E-state index in [0.717, 1.165) is 77.3 Å². The molecular formula is C43H25N3O. The third-order valence-corrected chi connectivity index (χ3v) is 9.54. The molecular weight excluding hydrogens is 574 g/mol. The maximum Gasteiger partial charge on any atom is 0.145 e. The van der Waals surface area contributed by atoms with Gasteiger partial charge in [0.05, 0.1) is 39.1 Å². The molecule has 10 aromatic rings. The Kier molecular flexibility index (Phi) is 5.32. The normalized spacial score (nSPS) is 11.8. The summed E-state index contributed by atoms with van der Waals surface area (Å²) in [6.07, 6.45) is 0. The molecule has 47 heavy (non-hydrogen) atoms. The molecule has 4 nitrogen and oxygen atoms in total. The van der Waals surface area contributed by atoms with Crippen molar-refractivity contribution in [3.63, 3.8) is 0 Å². The Morgan fingerprint density at radius 1 is 0.468 bits per heavy atom. The van der Waals surface area contributed by atoms with Gasteiger partial charge in [0.15, 0.2) is 0 Å². The number of nitrogens with zero attached hydrogens (tertiary/aromatic N) is 3. The summed E-state index contributed by atoms with van der Waals surface area (Å²) in [6.45, 7) is 0. The fourth-order valence-corrected chi connectivity index (χ4v) is 7.51. The number of nitriles is 1. The lowest BCUT2D eigenvalue weighted by molar-refractivity contribution is 0.673. The van der Waals surface area contributed by atoms with Crippen molar-refractivity contribution in [2.24, 2.45) is 0 Å². The number of rotatable bonds is 3. The van der Waals surface area contributed by atoms with Crippen LogP contribution in [0.2, 0.25) is 0 Å². The van der Waals surface area contributed by atoms with Crippen LogP contribution in [0.4, 0.5) is 0 Å². The summed E-state index contributed by atoms with van der Waals surface area (Å²) in [6, 6.07) is 55.3. The summed E-state index contributed by atoms with van der Waals surface area (Å²) in [5.41, 5.74) is 11.4. The minimum atomic E-state index is 0.657. The van der Waals surface area contributed by atoms with E-state index in [4.69, 9.17) is 4.42 Å². The summed E-state index contributed by atoms with van der Waals surface area (Å²) in [5, 5.41) is 16.2. The van der Waals surface area contributed by atoms with Gasteiger partial charge in [0.1, 0.15) is 11.2 Å². The molecule has 0 saturated heterocycles. The van der Waals surface area contributed by atoms with E-state index in [2.05, 4.69) is 137 Å². The van der Waals surface area contributed by atoms with Crippen molar-refractivity contribution >= 4 is 65.6 Å². The molecule has 218 valence electrons. The molecule has 0 fully saturated rings. The molecule has 0 saturated carbocycles. The highest BCUT2D eigenvalue weighted by atomic mass is 16.3. The van der Waals surface area contributed by atoms with Crippen molar-refractivity contribution in [1.29, 1.82) is 5.26 Å². The molecule has 4 heteroatoms. The van der Waals surface area contributed by atoms with Crippen molar-refractivity contribution in [3.05, 3.63) is 157 Å². The average molecular weight is 600 g/mol. The average Bonchev–Trinajstić information content (AvgIpc) is 3.79. The molecule has 0 aliphatic carbocycles. The van der Waals surface area contributed by atoms with Crippen molar-refractivity contribution in [2.75, 3.05) is 0 Å². The van der Waals surface area contributed by atoms with Crippen molar-refractivity contribution in [3.8, 4) is 28.6 Å². The molecule has 0 bridgehead atoms. The lowest BCUT2D eigenvalue weighted by atomic mass is 10.0. The summed E-state index contributed by atoms with van der Waals surface area (Å²) < 4.78 is 11.4. The van der Waals surface area contributed by atoms with Crippen LogP contribution in [0.5, 0.6) is 0 Å². The molecule has 3 heterocycles. The molecule has 7 aromatic carbocycles. The first-order valence-corrected chi connectivity index (χ1v) is 15.8. The number of hydrogen-bond acceptors (Lipinski definition) is 2. The van der Waals surface area contributed by atoms with Gasteiger partial charge in [0.25, 0.3) is 0 Å². The number of aromatic nitrogens is 2. The summed E-state index contributed by atoms with van der Waals surface area (Å²) in [4.78, 5) is 0. The fourth-order valence-electron chi connectivity index (χ4n) is 7.51. The van der Waals surface area contributed by atoms with Crippen LogP contribution in [0.15, 0.2) is 156 Å². The van der Waals surface area contributed by atoms with Crippen molar-refractivity contribution < 1.29 is 4.42 Å². The van der Waals surface area contributed by atoms with Gasteiger partial charge in [-0.05, 0) is 83.9 Å². The first kappa shape index (κ1) is 25.7. The Bertz CT molecular complexity index is 2900. The first-order valence-electron chi connectivity index (χ1n) is 15.8. The first-order chi connectivity index (χ1) is 23.3. The molecule has 0 amide bonds. The molecule has 0 radical (unpaired) electrons. The molecule has 0 aliphatic heterocycles. The third kappa shape index (κ3) is 3.63. The largest absolute Gasteiger partial charge is 0.455 e. The second-order valence-electron chi connectivity index (χ2n) is 12.1. The van der Waals surface area contributed by atoms with Crippen molar-refractivity contribution in [1.82, 2.24) is 9.13 Å². The van der Waals surface area contributed by atoms with Gasteiger partial charge >= 0.3 is 0 Å². The van der Waals surface area contributed by atoms with Gasteiger partial charge in [-0.3, -0.25) is 0 Å². The molecule has 0 N–H and O–H groups in total. The minimum absolute atomic E-state index is 0.657. The zero-order valence-electron chi connectivity index (χ0n) is 25.2. The van der Waals surface area contributed by atoms with Crippen LogP contribution < -0.4 is 0 Å². The summed E-state index contributed by atoms with van der Waals surface area (Å²) in [5.74, 6) is 0. The number of furan rings is 1. The van der Waals surface area contributed by atoms with E-state index in [1.54, 1.807) is 0 Å². The second-order valence-corrected chi connectivity index (χ2v) is 12.1. The van der Waals surface area contributed by atoms with Crippen LogP contribution in [0.3, 0.4) is 0 Å². The van der Waals surface area contributed by atoms with Crippen LogP contribution in [0.25, 0.3) is 88.1 Å². The van der Waals surface area contributed by atoms with Gasteiger partial charge in [-0.1, -0.05) is 78.9 Å². The maximum atomic E-state index is 9.31. The van der Waals surface area contributed by atoms with Gasteiger partial charge in [0.2, 0.25) is 0 Å². The van der Waals surface area contributed by atoms with E-state index in [0.29, 0.717) is 5.56 Å². The number of hydrogen-bond donors (Lipinski definition) is 0. The van der Waals surface area contributed by atoms with Gasteiger partial charge in [-0.25, -0.2) is 0 Å². The predicted octanol–water partition coefficient (Wildman–Crippen LogP) is 11.3. The zero-order chi connectivity index (χ0) is 31.1. The van der Waals surface area contributed by atoms with Gasteiger partial charge in [0, 0.05) is 38.3 Å². The standard InChI is InChI=1S/C43H25N3O/c44-26-27-17-19-28(20-18-27)29-9-8-12-31(25-29)45-36-15-6-4-14-34(36)40-37(45)24-22-35-41-38(46(42(35)40)30-10-2-1-3-11-30)23-21-33-32-13-5-7-16-39(32)47-43(33)41/h1-25H. The van der Waals surface area contributed by atoms with E-state index in [1.807, 2.05) is 30.3 Å². The number of benzene rings is 7. The van der Waals surface area contributed by atoms with Crippen LogP contribution in [-0.4, -0.2) is 9.13 Å². The highest BCUT2D eigenvalue weighted by molar-refractivity contribution is 6.30. The van der Waals surface area contributed by atoms with E-state index in [9.17, 15) is 5.26 Å². The van der Waals surface area contributed by atoms with Gasteiger partial charge < -0.3 is 13.6 Å². The lowest BCUT2D eigenvalue weighted by Gasteiger charge is -2.11. The van der Waals surface area contributed by atoms with Crippen LogP contribution in [-0.2, 0) is 0 Å². The van der Waals surface area contributed by atoms with Crippen LogP contribution in [0, 0.1) is 11.3 Å². The fraction of sp³-hybridized carbons (Fsp3) is 0. The van der Waals surface area contributed by atoms with Crippen LogP contribution >= 0.6 is 0 Å². The third-order valence-electron chi connectivity index (χ3n) is 9.54. The number of para-hydroxylation sites is 3. The SMILES string of the molecule is N#Cc1ccc(-c2cccc(-n3c4ccccc4c4c3ccc3c5c6oc7ccccc7c6ccc5n(-c5ccccc5)c34)c2)cc1. The van der Waals surface area contributed by atoms with Gasteiger partial charge in [-0.15, -0.1) is 0 Å². The Morgan fingerprint density at radius 2 is 1.17 bits per heavy atom. The molecule has 0 aliphatic rings. The molecule has 3 aromatic heterocycles. The van der Waals surface area contributed by atoms with Crippen molar-refractivity contribution in [2.45, 2.75) is 0 Å². The maximum absolute atomic E-state index is 9.31.